The van der Waals surface area contributed by atoms with E-state index >= 15 is 0 Å². The SMILES string of the molecule is CCC(C)CC(C)Nc1nccc2cc(OC)ccc12. The highest BCUT2D eigenvalue weighted by molar-refractivity contribution is 5.92. The first kappa shape index (κ1) is 14.6. The second-order valence-electron chi connectivity index (χ2n) is 5.54. The number of anilines is 1. The van der Waals surface area contributed by atoms with Crippen molar-refractivity contribution in [1.29, 1.82) is 0 Å². The number of nitrogens with one attached hydrogen (secondary N) is 1. The molecule has 1 aromatic carbocycles. The van der Waals surface area contributed by atoms with Gasteiger partial charge in [-0.3, -0.25) is 0 Å². The van der Waals surface area contributed by atoms with E-state index in [1.165, 1.54) is 6.42 Å². The van der Waals surface area contributed by atoms with Gasteiger partial charge in [0.05, 0.1) is 7.11 Å². The van der Waals surface area contributed by atoms with Crippen LogP contribution in [-0.2, 0) is 0 Å². The molecular weight excluding hydrogens is 248 g/mol. The average molecular weight is 272 g/mol. The lowest BCUT2D eigenvalue weighted by atomic mass is 10.0. The molecule has 2 rings (SSSR count). The topological polar surface area (TPSA) is 34.2 Å². The molecule has 20 heavy (non-hydrogen) atoms. The molecule has 0 aliphatic rings. The zero-order valence-electron chi connectivity index (χ0n) is 12.8. The maximum atomic E-state index is 5.27. The molecular formula is C17H24N2O. The second-order valence-corrected chi connectivity index (χ2v) is 5.54. The minimum atomic E-state index is 0.421. The highest BCUT2D eigenvalue weighted by Gasteiger charge is 2.10. The van der Waals surface area contributed by atoms with Gasteiger partial charge in [0.15, 0.2) is 0 Å². The van der Waals surface area contributed by atoms with Crippen molar-refractivity contribution in [3.63, 3.8) is 0 Å². The van der Waals surface area contributed by atoms with E-state index in [1.807, 2.05) is 24.4 Å². The molecule has 2 unspecified atom stereocenters. The van der Waals surface area contributed by atoms with Crippen molar-refractivity contribution >= 4 is 16.6 Å². The van der Waals surface area contributed by atoms with Gasteiger partial charge in [-0.15, -0.1) is 0 Å². The first-order chi connectivity index (χ1) is 9.63. The van der Waals surface area contributed by atoms with Crippen LogP contribution in [0.3, 0.4) is 0 Å². The standard InChI is InChI=1S/C17H24N2O/c1-5-12(2)10-13(3)19-17-16-7-6-15(20-4)11-14(16)8-9-18-17/h6-9,11-13H,5,10H2,1-4H3,(H,18,19). The Hall–Kier alpha value is -1.77. The highest BCUT2D eigenvalue weighted by Crippen LogP contribution is 2.26. The first-order valence-corrected chi connectivity index (χ1v) is 7.33. The molecule has 0 spiro atoms. The number of nitrogens with zero attached hydrogens (tertiary/aromatic N) is 1. The van der Waals surface area contributed by atoms with Crippen LogP contribution in [0.1, 0.15) is 33.6 Å². The van der Waals surface area contributed by atoms with Gasteiger partial charge in [-0.1, -0.05) is 20.3 Å². The van der Waals surface area contributed by atoms with Crippen molar-refractivity contribution < 1.29 is 4.74 Å². The van der Waals surface area contributed by atoms with Crippen LogP contribution >= 0.6 is 0 Å². The predicted molar refractivity (Wildman–Crippen MR) is 85.5 cm³/mol. The molecule has 108 valence electrons. The van der Waals surface area contributed by atoms with Crippen LogP contribution in [0.5, 0.6) is 5.75 Å². The quantitative estimate of drug-likeness (QED) is 0.842. The number of hydrogen-bond acceptors (Lipinski definition) is 3. The fraction of sp³-hybridized carbons (Fsp3) is 0.471. The third kappa shape index (κ3) is 3.41. The third-order valence-electron chi connectivity index (χ3n) is 3.81. The number of ether oxygens (including phenoxy) is 1. The van der Waals surface area contributed by atoms with Crippen molar-refractivity contribution in [3.8, 4) is 5.75 Å². The molecule has 2 aromatic rings. The molecule has 0 fully saturated rings. The Balaban J connectivity index is 2.21. The molecule has 1 aromatic heterocycles. The lowest BCUT2D eigenvalue weighted by Crippen LogP contribution is -2.19. The van der Waals surface area contributed by atoms with Crippen LogP contribution in [0.15, 0.2) is 30.5 Å². The fourth-order valence-corrected chi connectivity index (χ4v) is 2.46. The lowest BCUT2D eigenvalue weighted by molar-refractivity contribution is 0.415. The van der Waals surface area contributed by atoms with E-state index in [2.05, 4.69) is 37.1 Å². The van der Waals surface area contributed by atoms with Gasteiger partial charge in [0.2, 0.25) is 0 Å². The molecule has 0 saturated heterocycles. The molecule has 3 nitrogen and oxygen atoms in total. The zero-order valence-corrected chi connectivity index (χ0v) is 12.8. The van der Waals surface area contributed by atoms with E-state index in [-0.39, 0.29) is 0 Å². The van der Waals surface area contributed by atoms with Gasteiger partial charge in [0.1, 0.15) is 11.6 Å². The summed E-state index contributed by atoms with van der Waals surface area (Å²) < 4.78 is 5.27. The molecule has 1 N–H and O–H groups in total. The maximum absolute atomic E-state index is 5.27. The van der Waals surface area contributed by atoms with E-state index in [9.17, 15) is 0 Å². The van der Waals surface area contributed by atoms with Crippen molar-refractivity contribution in [3.05, 3.63) is 30.5 Å². The molecule has 0 amide bonds. The van der Waals surface area contributed by atoms with Crippen LogP contribution in [0.25, 0.3) is 10.8 Å². The van der Waals surface area contributed by atoms with E-state index in [1.54, 1.807) is 7.11 Å². The number of methoxy groups -OCH3 is 1. The van der Waals surface area contributed by atoms with E-state index in [0.717, 1.165) is 34.7 Å². The van der Waals surface area contributed by atoms with Crippen LogP contribution < -0.4 is 10.1 Å². The van der Waals surface area contributed by atoms with E-state index in [4.69, 9.17) is 4.74 Å². The van der Waals surface area contributed by atoms with Crippen LogP contribution in [0.2, 0.25) is 0 Å². The number of fused-ring (bicyclic) bond motifs is 1. The summed E-state index contributed by atoms with van der Waals surface area (Å²) in [7, 11) is 1.69. The van der Waals surface area contributed by atoms with Crippen molar-refractivity contribution in [1.82, 2.24) is 4.98 Å². The zero-order chi connectivity index (χ0) is 14.5. The summed E-state index contributed by atoms with van der Waals surface area (Å²) in [5, 5.41) is 5.83. The van der Waals surface area contributed by atoms with Gasteiger partial charge in [0, 0.05) is 17.6 Å². The van der Waals surface area contributed by atoms with Gasteiger partial charge in [-0.25, -0.2) is 4.98 Å². The van der Waals surface area contributed by atoms with Crippen LogP contribution in [0.4, 0.5) is 5.82 Å². The molecule has 0 radical (unpaired) electrons. The number of aromatic nitrogens is 1. The Morgan fingerprint density at radius 3 is 2.75 bits per heavy atom. The summed E-state index contributed by atoms with van der Waals surface area (Å²) in [6.07, 6.45) is 4.22. The molecule has 0 aliphatic carbocycles. The molecule has 2 atom stereocenters. The van der Waals surface area contributed by atoms with Gasteiger partial charge < -0.3 is 10.1 Å². The third-order valence-corrected chi connectivity index (χ3v) is 3.81. The average Bonchev–Trinajstić information content (AvgIpc) is 2.46. The van der Waals surface area contributed by atoms with Gasteiger partial charge in [-0.05, 0) is 48.9 Å². The Kier molecular flexibility index (Phi) is 4.83. The molecule has 0 bridgehead atoms. The Morgan fingerprint density at radius 1 is 1.25 bits per heavy atom. The summed E-state index contributed by atoms with van der Waals surface area (Å²) in [6.45, 7) is 6.75. The van der Waals surface area contributed by atoms with Crippen LogP contribution in [0, 0.1) is 5.92 Å². The van der Waals surface area contributed by atoms with Crippen molar-refractivity contribution in [2.45, 2.75) is 39.7 Å². The Bertz CT molecular complexity index is 568. The fourth-order valence-electron chi connectivity index (χ4n) is 2.46. The summed E-state index contributed by atoms with van der Waals surface area (Å²) in [5.41, 5.74) is 0. The van der Waals surface area contributed by atoms with Gasteiger partial charge >= 0.3 is 0 Å². The van der Waals surface area contributed by atoms with Crippen molar-refractivity contribution in [2.75, 3.05) is 12.4 Å². The number of rotatable bonds is 6. The summed E-state index contributed by atoms with van der Waals surface area (Å²) in [6, 6.07) is 8.53. The van der Waals surface area contributed by atoms with Crippen LogP contribution in [-0.4, -0.2) is 18.1 Å². The normalized spacial score (nSPS) is 14.0. The lowest BCUT2D eigenvalue weighted by Gasteiger charge is -2.19. The number of hydrogen-bond donors (Lipinski definition) is 1. The molecule has 3 heteroatoms. The smallest absolute Gasteiger partial charge is 0.134 e. The first-order valence-electron chi connectivity index (χ1n) is 7.33. The minimum absolute atomic E-state index is 0.421. The van der Waals surface area contributed by atoms with E-state index in [0.29, 0.717) is 6.04 Å². The number of benzene rings is 1. The van der Waals surface area contributed by atoms with E-state index < -0.39 is 0 Å². The Morgan fingerprint density at radius 2 is 2.05 bits per heavy atom. The molecule has 0 aliphatic heterocycles. The summed E-state index contributed by atoms with van der Waals surface area (Å²) in [5.74, 6) is 2.57. The Labute approximate surface area is 121 Å². The van der Waals surface area contributed by atoms with Crippen molar-refractivity contribution in [2.24, 2.45) is 5.92 Å². The largest absolute Gasteiger partial charge is 0.497 e. The summed E-state index contributed by atoms with van der Waals surface area (Å²) in [4.78, 5) is 4.48. The molecule has 0 saturated carbocycles. The van der Waals surface area contributed by atoms with Gasteiger partial charge in [0.25, 0.3) is 0 Å². The number of pyridine rings is 1. The predicted octanol–water partition coefficient (Wildman–Crippen LogP) is 4.48. The highest BCUT2D eigenvalue weighted by atomic mass is 16.5. The van der Waals surface area contributed by atoms with Gasteiger partial charge in [-0.2, -0.15) is 0 Å². The molecule has 1 heterocycles. The summed E-state index contributed by atoms with van der Waals surface area (Å²) >= 11 is 0. The maximum Gasteiger partial charge on any atom is 0.134 e. The minimum Gasteiger partial charge on any atom is -0.497 e. The monoisotopic (exact) mass is 272 g/mol. The second kappa shape index (κ2) is 6.60.